The first-order valence-electron chi connectivity index (χ1n) is 5.73. The van der Waals surface area contributed by atoms with Gasteiger partial charge in [-0.2, -0.15) is 0 Å². The average Bonchev–Trinajstić information content (AvgIpc) is 2.81. The molecule has 0 radical (unpaired) electrons. The van der Waals surface area contributed by atoms with Crippen LogP contribution in [0.2, 0.25) is 5.02 Å². The van der Waals surface area contributed by atoms with Crippen LogP contribution in [-0.4, -0.2) is 12.5 Å². The second-order valence-electron chi connectivity index (χ2n) is 3.98. The first kappa shape index (κ1) is 13.7. The van der Waals surface area contributed by atoms with Crippen molar-refractivity contribution in [2.45, 2.75) is 6.92 Å². The van der Waals surface area contributed by atoms with Crippen LogP contribution in [0.3, 0.4) is 0 Å². The van der Waals surface area contributed by atoms with E-state index in [-0.39, 0.29) is 5.91 Å². The average molecular weight is 290 g/mol. The second-order valence-corrected chi connectivity index (χ2v) is 5.33. The molecule has 2 nitrogen and oxygen atoms in total. The molecule has 0 spiro atoms. The molecular formula is C15H12ClNOS. The van der Waals surface area contributed by atoms with Crippen molar-refractivity contribution in [3.05, 3.63) is 56.7 Å². The molecule has 2 rings (SSSR count). The minimum atomic E-state index is -0.0847. The van der Waals surface area contributed by atoms with Gasteiger partial charge in [0.15, 0.2) is 0 Å². The highest BCUT2D eigenvalue weighted by Crippen LogP contribution is 2.13. The molecule has 0 aliphatic rings. The molecule has 0 fully saturated rings. The minimum absolute atomic E-state index is 0.0847. The zero-order valence-corrected chi connectivity index (χ0v) is 11.9. The minimum Gasteiger partial charge on any atom is -0.340 e. The smallest absolute Gasteiger partial charge is 0.262 e. The third-order valence-corrected chi connectivity index (χ3v) is 3.63. The summed E-state index contributed by atoms with van der Waals surface area (Å²) in [5, 5.41) is 5.37. The Kier molecular flexibility index (Phi) is 4.62. The summed E-state index contributed by atoms with van der Waals surface area (Å²) in [6.07, 6.45) is 0. The van der Waals surface area contributed by atoms with Gasteiger partial charge in [-0.3, -0.25) is 4.79 Å². The fraction of sp³-hybridized carbons (Fsp3) is 0.133. The number of halogens is 1. The van der Waals surface area contributed by atoms with Gasteiger partial charge in [-0.05, 0) is 42.1 Å². The lowest BCUT2D eigenvalue weighted by Crippen LogP contribution is -2.22. The van der Waals surface area contributed by atoms with E-state index in [0.717, 1.165) is 11.1 Å². The van der Waals surface area contributed by atoms with Crippen LogP contribution in [0.5, 0.6) is 0 Å². The van der Waals surface area contributed by atoms with Crippen molar-refractivity contribution in [1.29, 1.82) is 0 Å². The molecule has 0 atom stereocenters. The Morgan fingerprint density at radius 1 is 1.42 bits per heavy atom. The molecule has 0 bridgehead atoms. The molecule has 2 aromatic rings. The van der Waals surface area contributed by atoms with Gasteiger partial charge in [0.25, 0.3) is 5.91 Å². The van der Waals surface area contributed by atoms with Crippen LogP contribution in [0.1, 0.15) is 20.8 Å². The summed E-state index contributed by atoms with van der Waals surface area (Å²) in [4.78, 5) is 12.4. The molecule has 1 amide bonds. The van der Waals surface area contributed by atoms with E-state index in [1.54, 1.807) is 12.1 Å². The zero-order chi connectivity index (χ0) is 13.7. The van der Waals surface area contributed by atoms with E-state index in [1.807, 2.05) is 30.5 Å². The van der Waals surface area contributed by atoms with Gasteiger partial charge >= 0.3 is 0 Å². The molecule has 1 N–H and O–H groups in total. The summed E-state index contributed by atoms with van der Waals surface area (Å²) in [6, 6.07) is 9.18. The molecule has 0 aliphatic carbocycles. The van der Waals surface area contributed by atoms with Crippen LogP contribution in [0.15, 0.2) is 35.7 Å². The summed E-state index contributed by atoms with van der Waals surface area (Å²) >= 11 is 7.29. The molecule has 4 heteroatoms. The Morgan fingerprint density at radius 3 is 2.95 bits per heavy atom. The van der Waals surface area contributed by atoms with Crippen molar-refractivity contribution in [3.63, 3.8) is 0 Å². The molecule has 0 saturated carbocycles. The van der Waals surface area contributed by atoms with E-state index in [2.05, 4.69) is 17.2 Å². The van der Waals surface area contributed by atoms with Crippen molar-refractivity contribution in [3.8, 4) is 11.8 Å². The molecule has 1 aromatic heterocycles. The predicted octanol–water partition coefficient (Wildman–Crippen LogP) is 3.49. The molecule has 0 aliphatic heterocycles. The van der Waals surface area contributed by atoms with Gasteiger partial charge in [-0.15, -0.1) is 11.3 Å². The van der Waals surface area contributed by atoms with Gasteiger partial charge < -0.3 is 5.32 Å². The maximum absolute atomic E-state index is 11.7. The predicted molar refractivity (Wildman–Crippen MR) is 79.7 cm³/mol. The molecule has 0 unspecified atom stereocenters. The number of thiophene rings is 1. The fourth-order valence-corrected chi connectivity index (χ4v) is 2.48. The van der Waals surface area contributed by atoms with Gasteiger partial charge in [-0.1, -0.05) is 29.5 Å². The largest absolute Gasteiger partial charge is 0.340 e. The second kappa shape index (κ2) is 6.42. The van der Waals surface area contributed by atoms with E-state index >= 15 is 0 Å². The number of hydrogen-bond donors (Lipinski definition) is 1. The monoisotopic (exact) mass is 289 g/mol. The molecule has 96 valence electrons. The number of hydrogen-bond acceptors (Lipinski definition) is 2. The Morgan fingerprint density at radius 2 is 2.26 bits per heavy atom. The molecule has 0 saturated heterocycles. The van der Waals surface area contributed by atoms with Crippen LogP contribution < -0.4 is 5.32 Å². The maximum atomic E-state index is 11.7. The van der Waals surface area contributed by atoms with E-state index in [0.29, 0.717) is 16.4 Å². The summed E-state index contributed by atoms with van der Waals surface area (Å²) in [6.45, 7) is 2.29. The third kappa shape index (κ3) is 4.13. The number of rotatable bonds is 2. The number of aryl methyl sites for hydroxylation is 1. The highest BCUT2D eigenvalue weighted by Gasteiger charge is 2.05. The van der Waals surface area contributed by atoms with Crippen LogP contribution in [0.4, 0.5) is 0 Å². The van der Waals surface area contributed by atoms with Crippen LogP contribution >= 0.6 is 22.9 Å². The molecule has 19 heavy (non-hydrogen) atoms. The number of amides is 1. The van der Waals surface area contributed by atoms with Crippen molar-refractivity contribution in [2.75, 3.05) is 6.54 Å². The summed E-state index contributed by atoms with van der Waals surface area (Å²) in [7, 11) is 0. The summed E-state index contributed by atoms with van der Waals surface area (Å²) in [5.41, 5.74) is 1.94. The SMILES string of the molecule is Cc1csc(C(=O)NCC#Cc2cccc(Cl)c2)c1. The normalized spacial score (nSPS) is 9.58. The van der Waals surface area contributed by atoms with Crippen molar-refractivity contribution in [2.24, 2.45) is 0 Å². The van der Waals surface area contributed by atoms with Crippen LogP contribution in [0.25, 0.3) is 0 Å². The lowest BCUT2D eigenvalue weighted by Gasteiger charge is -1.96. The van der Waals surface area contributed by atoms with Crippen molar-refractivity contribution in [1.82, 2.24) is 5.32 Å². The topological polar surface area (TPSA) is 29.1 Å². The van der Waals surface area contributed by atoms with E-state index in [1.165, 1.54) is 11.3 Å². The van der Waals surface area contributed by atoms with Crippen LogP contribution in [0, 0.1) is 18.8 Å². The van der Waals surface area contributed by atoms with Gasteiger partial charge in [0, 0.05) is 10.6 Å². The maximum Gasteiger partial charge on any atom is 0.262 e. The van der Waals surface area contributed by atoms with Gasteiger partial charge in [0.2, 0.25) is 0 Å². The highest BCUT2D eigenvalue weighted by atomic mass is 35.5. The van der Waals surface area contributed by atoms with Gasteiger partial charge in [0.1, 0.15) is 0 Å². The first-order chi connectivity index (χ1) is 9.15. The van der Waals surface area contributed by atoms with Crippen molar-refractivity contribution < 1.29 is 4.79 Å². The van der Waals surface area contributed by atoms with Crippen LogP contribution in [-0.2, 0) is 0 Å². The third-order valence-electron chi connectivity index (χ3n) is 2.35. The summed E-state index contributed by atoms with van der Waals surface area (Å²) < 4.78 is 0. The Bertz CT molecular complexity index is 651. The van der Waals surface area contributed by atoms with Gasteiger partial charge in [-0.25, -0.2) is 0 Å². The number of carbonyl (C=O) groups excluding carboxylic acids is 1. The highest BCUT2D eigenvalue weighted by molar-refractivity contribution is 7.12. The Labute approximate surface area is 121 Å². The molecule has 1 aromatic carbocycles. The standard InChI is InChI=1S/C15H12ClNOS/c1-11-8-14(19-10-11)15(18)17-7-3-5-12-4-2-6-13(16)9-12/h2,4,6,8-10H,7H2,1H3,(H,17,18). The van der Waals surface area contributed by atoms with E-state index in [4.69, 9.17) is 11.6 Å². The number of carbonyl (C=O) groups is 1. The zero-order valence-electron chi connectivity index (χ0n) is 10.4. The number of benzene rings is 1. The van der Waals surface area contributed by atoms with Crippen molar-refractivity contribution >= 4 is 28.8 Å². The summed E-state index contributed by atoms with van der Waals surface area (Å²) in [5.74, 6) is 5.77. The number of nitrogens with one attached hydrogen (secondary N) is 1. The first-order valence-corrected chi connectivity index (χ1v) is 6.99. The molecular weight excluding hydrogens is 278 g/mol. The molecule has 1 heterocycles. The van der Waals surface area contributed by atoms with E-state index < -0.39 is 0 Å². The Balaban J connectivity index is 1.89. The lowest BCUT2D eigenvalue weighted by atomic mass is 10.2. The quantitative estimate of drug-likeness (QED) is 0.843. The fourth-order valence-electron chi connectivity index (χ4n) is 1.47. The lowest BCUT2D eigenvalue weighted by molar-refractivity contribution is 0.0962. The van der Waals surface area contributed by atoms with E-state index in [9.17, 15) is 4.79 Å². The Hall–Kier alpha value is -1.76. The van der Waals surface area contributed by atoms with Gasteiger partial charge in [0.05, 0.1) is 11.4 Å².